The molecule has 1 saturated heterocycles. The first-order valence-corrected chi connectivity index (χ1v) is 6.59. The minimum Gasteiger partial charge on any atom is -0.481 e. The summed E-state index contributed by atoms with van der Waals surface area (Å²) >= 11 is 0. The van der Waals surface area contributed by atoms with E-state index in [2.05, 4.69) is 10.2 Å². The molecule has 1 aromatic heterocycles. The third-order valence-corrected chi connectivity index (χ3v) is 3.71. The van der Waals surface area contributed by atoms with Crippen LogP contribution in [-0.4, -0.2) is 45.2 Å². The van der Waals surface area contributed by atoms with E-state index in [9.17, 15) is 9.59 Å². The zero-order valence-corrected chi connectivity index (χ0v) is 10.9. The average Bonchev–Trinajstić information content (AvgIpc) is 3.03. The van der Waals surface area contributed by atoms with Gasteiger partial charge in [-0.25, -0.2) is 0 Å². The second kappa shape index (κ2) is 4.96. The molecule has 1 unspecified atom stereocenters. The highest BCUT2D eigenvalue weighted by Crippen LogP contribution is 2.23. The van der Waals surface area contributed by atoms with Gasteiger partial charge in [-0.1, -0.05) is 18.2 Å². The molecule has 1 aromatic carbocycles. The van der Waals surface area contributed by atoms with Crippen LogP contribution in [0.2, 0.25) is 0 Å². The monoisotopic (exact) mass is 273 g/mol. The summed E-state index contributed by atoms with van der Waals surface area (Å²) in [6.45, 7) is 1.09. The fraction of sp³-hybridized carbons (Fsp3) is 0.357. The molecule has 0 aliphatic carbocycles. The second-order valence-corrected chi connectivity index (χ2v) is 5.12. The van der Waals surface area contributed by atoms with Crippen LogP contribution in [0.1, 0.15) is 23.3 Å². The van der Waals surface area contributed by atoms with Crippen molar-refractivity contribution in [2.45, 2.75) is 12.8 Å². The van der Waals surface area contributed by atoms with Gasteiger partial charge in [0.1, 0.15) is 0 Å². The first kappa shape index (κ1) is 12.7. The Kier molecular flexibility index (Phi) is 3.14. The maximum absolute atomic E-state index is 12.4. The molecule has 6 nitrogen and oxygen atoms in total. The SMILES string of the molecule is O=C(O)CC1CCN(C(=O)c2n[nH]c3ccccc23)C1. The molecular weight excluding hydrogens is 258 g/mol. The second-order valence-electron chi connectivity index (χ2n) is 5.12. The standard InChI is InChI=1S/C14H15N3O3/c18-12(19)7-9-5-6-17(8-9)14(20)13-10-3-1-2-4-11(10)15-16-13/h1-4,9H,5-8H2,(H,15,16)(H,18,19). The van der Waals surface area contributed by atoms with Crippen molar-refractivity contribution in [2.75, 3.05) is 13.1 Å². The lowest BCUT2D eigenvalue weighted by Crippen LogP contribution is -2.29. The smallest absolute Gasteiger partial charge is 0.303 e. The number of para-hydroxylation sites is 1. The summed E-state index contributed by atoms with van der Waals surface area (Å²) in [5.74, 6) is -0.897. The van der Waals surface area contributed by atoms with Crippen molar-refractivity contribution in [2.24, 2.45) is 5.92 Å². The Balaban J connectivity index is 1.78. The van der Waals surface area contributed by atoms with Crippen LogP contribution in [-0.2, 0) is 4.79 Å². The number of hydrogen-bond acceptors (Lipinski definition) is 3. The summed E-state index contributed by atoms with van der Waals surface area (Å²) in [6.07, 6.45) is 0.853. The fourth-order valence-corrected chi connectivity index (χ4v) is 2.71. The molecule has 2 N–H and O–H groups in total. The maximum atomic E-state index is 12.4. The molecule has 0 spiro atoms. The van der Waals surface area contributed by atoms with E-state index in [-0.39, 0.29) is 18.2 Å². The molecule has 3 rings (SSSR count). The summed E-state index contributed by atoms with van der Waals surface area (Å²) in [6, 6.07) is 7.48. The van der Waals surface area contributed by atoms with Gasteiger partial charge < -0.3 is 10.0 Å². The van der Waals surface area contributed by atoms with Gasteiger partial charge in [-0.2, -0.15) is 5.10 Å². The van der Waals surface area contributed by atoms with Crippen molar-refractivity contribution in [1.29, 1.82) is 0 Å². The first-order valence-electron chi connectivity index (χ1n) is 6.59. The maximum Gasteiger partial charge on any atom is 0.303 e. The van der Waals surface area contributed by atoms with Crippen LogP contribution < -0.4 is 0 Å². The highest BCUT2D eigenvalue weighted by molar-refractivity contribution is 6.04. The van der Waals surface area contributed by atoms with Crippen molar-refractivity contribution in [1.82, 2.24) is 15.1 Å². The van der Waals surface area contributed by atoms with E-state index < -0.39 is 5.97 Å². The molecule has 20 heavy (non-hydrogen) atoms. The highest BCUT2D eigenvalue weighted by Gasteiger charge is 2.30. The number of carboxylic acids is 1. The van der Waals surface area contributed by atoms with Gasteiger partial charge in [-0.05, 0) is 18.4 Å². The third-order valence-electron chi connectivity index (χ3n) is 3.71. The molecule has 1 aliphatic heterocycles. The summed E-state index contributed by atoms with van der Waals surface area (Å²) in [7, 11) is 0. The molecule has 2 heterocycles. The summed E-state index contributed by atoms with van der Waals surface area (Å²) < 4.78 is 0. The van der Waals surface area contributed by atoms with E-state index in [0.717, 1.165) is 17.3 Å². The zero-order chi connectivity index (χ0) is 14.1. The molecule has 2 aromatic rings. The van der Waals surface area contributed by atoms with Gasteiger partial charge in [0.15, 0.2) is 5.69 Å². The molecule has 6 heteroatoms. The number of aliphatic carboxylic acids is 1. The lowest BCUT2D eigenvalue weighted by molar-refractivity contribution is -0.138. The summed E-state index contributed by atoms with van der Waals surface area (Å²) in [4.78, 5) is 24.9. The highest BCUT2D eigenvalue weighted by atomic mass is 16.4. The predicted molar refractivity (Wildman–Crippen MR) is 72.4 cm³/mol. The van der Waals surface area contributed by atoms with Crippen molar-refractivity contribution in [3.63, 3.8) is 0 Å². The number of likely N-dealkylation sites (tertiary alicyclic amines) is 1. The lowest BCUT2D eigenvalue weighted by atomic mass is 10.1. The minimum absolute atomic E-state index is 0.0432. The number of fused-ring (bicyclic) bond motifs is 1. The van der Waals surface area contributed by atoms with E-state index in [1.54, 1.807) is 4.90 Å². The number of carbonyl (C=O) groups excluding carboxylic acids is 1. The van der Waals surface area contributed by atoms with Gasteiger partial charge in [0.05, 0.1) is 5.52 Å². The van der Waals surface area contributed by atoms with Crippen molar-refractivity contribution in [3.05, 3.63) is 30.0 Å². The molecule has 104 valence electrons. The lowest BCUT2D eigenvalue weighted by Gasteiger charge is -2.14. The molecule has 1 fully saturated rings. The van der Waals surface area contributed by atoms with Crippen molar-refractivity contribution in [3.8, 4) is 0 Å². The number of rotatable bonds is 3. The van der Waals surface area contributed by atoms with Crippen LogP contribution in [0, 0.1) is 5.92 Å². The fourth-order valence-electron chi connectivity index (χ4n) is 2.71. The normalized spacial score (nSPS) is 18.6. The number of aromatic amines is 1. The van der Waals surface area contributed by atoms with Gasteiger partial charge in [0, 0.05) is 24.9 Å². The van der Waals surface area contributed by atoms with Crippen LogP contribution in [0.25, 0.3) is 10.9 Å². The predicted octanol–water partition coefficient (Wildman–Crippen LogP) is 1.50. The van der Waals surface area contributed by atoms with Gasteiger partial charge in [-0.3, -0.25) is 14.7 Å². The number of H-pyrrole nitrogens is 1. The van der Waals surface area contributed by atoms with Gasteiger partial charge in [0.2, 0.25) is 0 Å². The van der Waals surface area contributed by atoms with E-state index in [4.69, 9.17) is 5.11 Å². The Morgan fingerprint density at radius 3 is 3.00 bits per heavy atom. The quantitative estimate of drug-likeness (QED) is 0.887. The average molecular weight is 273 g/mol. The number of carbonyl (C=O) groups is 2. The van der Waals surface area contributed by atoms with E-state index in [1.807, 2.05) is 24.3 Å². The van der Waals surface area contributed by atoms with Gasteiger partial charge in [-0.15, -0.1) is 0 Å². The minimum atomic E-state index is -0.811. The molecule has 1 amide bonds. The largest absolute Gasteiger partial charge is 0.481 e. The number of benzene rings is 1. The molecule has 0 bridgehead atoms. The summed E-state index contributed by atoms with van der Waals surface area (Å²) in [5.41, 5.74) is 1.24. The Bertz CT molecular complexity index is 664. The van der Waals surface area contributed by atoms with E-state index in [1.165, 1.54) is 0 Å². The number of carboxylic acid groups (broad SMARTS) is 1. The molecule has 1 aliphatic rings. The zero-order valence-electron chi connectivity index (χ0n) is 10.9. The Labute approximate surface area is 115 Å². The Morgan fingerprint density at radius 1 is 1.40 bits per heavy atom. The van der Waals surface area contributed by atoms with Crippen molar-refractivity contribution >= 4 is 22.8 Å². The van der Waals surface area contributed by atoms with E-state index in [0.29, 0.717) is 18.8 Å². The molecular formula is C14H15N3O3. The van der Waals surface area contributed by atoms with Crippen LogP contribution in [0.15, 0.2) is 24.3 Å². The Morgan fingerprint density at radius 2 is 2.20 bits per heavy atom. The number of nitrogens with one attached hydrogen (secondary N) is 1. The number of hydrogen-bond donors (Lipinski definition) is 2. The number of aromatic nitrogens is 2. The van der Waals surface area contributed by atoms with Gasteiger partial charge in [0.25, 0.3) is 5.91 Å². The van der Waals surface area contributed by atoms with Crippen LogP contribution in [0.5, 0.6) is 0 Å². The van der Waals surface area contributed by atoms with Crippen molar-refractivity contribution < 1.29 is 14.7 Å². The first-order chi connectivity index (χ1) is 9.65. The van der Waals surface area contributed by atoms with Gasteiger partial charge >= 0.3 is 5.97 Å². The molecule has 0 saturated carbocycles. The molecule has 1 atom stereocenters. The topological polar surface area (TPSA) is 86.3 Å². The van der Waals surface area contributed by atoms with E-state index >= 15 is 0 Å². The Hall–Kier alpha value is -2.37. The van der Waals surface area contributed by atoms with Crippen LogP contribution in [0.4, 0.5) is 0 Å². The molecule has 0 radical (unpaired) electrons. The van der Waals surface area contributed by atoms with Crippen LogP contribution >= 0.6 is 0 Å². The third kappa shape index (κ3) is 2.24. The number of amides is 1. The number of nitrogens with zero attached hydrogens (tertiary/aromatic N) is 2. The van der Waals surface area contributed by atoms with Crippen LogP contribution in [0.3, 0.4) is 0 Å². The summed E-state index contributed by atoms with van der Waals surface area (Å²) in [5, 5.41) is 16.5.